The van der Waals surface area contributed by atoms with Crippen molar-refractivity contribution in [2.75, 3.05) is 19.0 Å². The third-order valence-electron chi connectivity index (χ3n) is 1.62. The summed E-state index contributed by atoms with van der Waals surface area (Å²) in [4.78, 5) is 4.02. The van der Waals surface area contributed by atoms with Gasteiger partial charge in [0.05, 0.1) is 24.2 Å². The van der Waals surface area contributed by atoms with Gasteiger partial charge in [-0.1, -0.05) is 5.16 Å². The summed E-state index contributed by atoms with van der Waals surface area (Å²) in [6, 6.07) is 1.98. The number of nitrogens with zero attached hydrogens (tertiary/aromatic N) is 3. The van der Waals surface area contributed by atoms with Crippen molar-refractivity contribution < 1.29 is 18.0 Å². The molecule has 0 spiro atoms. The van der Waals surface area contributed by atoms with Crippen molar-refractivity contribution in [3.8, 4) is 6.07 Å². The fraction of sp³-hybridized carbons (Fsp3) is 0.667. The molecule has 1 aromatic rings. The SMILES string of the molecule is N#CCSCc1nc(CCOCC(F)F)no1. The molecule has 0 saturated heterocycles. The highest BCUT2D eigenvalue weighted by Crippen LogP contribution is 2.09. The molecule has 1 rings (SSSR count). The molecular weight excluding hydrogens is 252 g/mol. The van der Waals surface area contributed by atoms with Gasteiger partial charge in [-0.15, -0.1) is 11.8 Å². The molecule has 17 heavy (non-hydrogen) atoms. The van der Waals surface area contributed by atoms with E-state index in [1.807, 2.05) is 6.07 Å². The maximum atomic E-state index is 11.7. The number of halogens is 2. The lowest BCUT2D eigenvalue weighted by molar-refractivity contribution is 0.0182. The minimum atomic E-state index is -2.46. The van der Waals surface area contributed by atoms with Crippen LogP contribution in [0.1, 0.15) is 11.7 Å². The van der Waals surface area contributed by atoms with E-state index in [-0.39, 0.29) is 6.61 Å². The number of hydrogen-bond acceptors (Lipinski definition) is 6. The van der Waals surface area contributed by atoms with Gasteiger partial charge in [-0.2, -0.15) is 10.2 Å². The molecule has 0 bridgehead atoms. The molecule has 0 radical (unpaired) electrons. The van der Waals surface area contributed by atoms with Gasteiger partial charge in [0.25, 0.3) is 6.43 Å². The van der Waals surface area contributed by atoms with Crippen LogP contribution in [-0.2, 0) is 16.9 Å². The van der Waals surface area contributed by atoms with Crippen LogP contribution in [0, 0.1) is 11.3 Å². The molecule has 8 heteroatoms. The van der Waals surface area contributed by atoms with Crippen molar-refractivity contribution >= 4 is 11.8 Å². The maximum absolute atomic E-state index is 11.7. The molecule has 0 aliphatic carbocycles. The van der Waals surface area contributed by atoms with Crippen LogP contribution in [-0.4, -0.2) is 35.5 Å². The van der Waals surface area contributed by atoms with Crippen molar-refractivity contribution in [1.29, 1.82) is 5.26 Å². The van der Waals surface area contributed by atoms with E-state index in [0.29, 0.717) is 29.6 Å². The molecular formula is C9H11F2N3O2S. The van der Waals surface area contributed by atoms with Crippen molar-refractivity contribution in [3.63, 3.8) is 0 Å². The van der Waals surface area contributed by atoms with Gasteiger partial charge in [0.1, 0.15) is 6.61 Å². The lowest BCUT2D eigenvalue weighted by atomic mass is 10.4. The zero-order chi connectivity index (χ0) is 12.5. The summed E-state index contributed by atoms with van der Waals surface area (Å²) < 4.78 is 33.0. The fourth-order valence-electron chi connectivity index (χ4n) is 0.970. The highest BCUT2D eigenvalue weighted by atomic mass is 32.2. The molecule has 1 heterocycles. The number of thioether (sulfide) groups is 1. The summed E-state index contributed by atoms with van der Waals surface area (Å²) in [7, 11) is 0. The Morgan fingerprint density at radius 3 is 3.06 bits per heavy atom. The lowest BCUT2D eigenvalue weighted by Crippen LogP contribution is -2.07. The molecule has 0 aromatic carbocycles. The van der Waals surface area contributed by atoms with Gasteiger partial charge in [0.2, 0.25) is 5.89 Å². The third-order valence-corrected chi connectivity index (χ3v) is 2.40. The maximum Gasteiger partial charge on any atom is 0.261 e. The topological polar surface area (TPSA) is 71.9 Å². The second-order valence-corrected chi connectivity index (χ2v) is 3.96. The van der Waals surface area contributed by atoms with Crippen LogP contribution in [0.15, 0.2) is 4.52 Å². The summed E-state index contributed by atoms with van der Waals surface area (Å²) >= 11 is 1.36. The number of hydrogen-bond donors (Lipinski definition) is 0. The first-order chi connectivity index (χ1) is 8.22. The summed E-state index contributed by atoms with van der Waals surface area (Å²) in [6.45, 7) is -0.447. The molecule has 0 unspecified atom stereocenters. The van der Waals surface area contributed by atoms with E-state index in [1.165, 1.54) is 11.8 Å². The van der Waals surface area contributed by atoms with E-state index >= 15 is 0 Å². The van der Waals surface area contributed by atoms with E-state index in [1.54, 1.807) is 0 Å². The Balaban J connectivity index is 2.19. The van der Waals surface area contributed by atoms with Crippen molar-refractivity contribution in [1.82, 2.24) is 10.1 Å². The highest BCUT2D eigenvalue weighted by molar-refractivity contribution is 7.98. The van der Waals surface area contributed by atoms with Crippen molar-refractivity contribution in [2.45, 2.75) is 18.6 Å². The molecule has 0 aliphatic rings. The smallest absolute Gasteiger partial charge is 0.261 e. The van der Waals surface area contributed by atoms with Crippen LogP contribution < -0.4 is 0 Å². The molecule has 94 valence electrons. The quantitative estimate of drug-likeness (QED) is 0.664. The molecule has 1 aromatic heterocycles. The first kappa shape index (κ1) is 13.9. The Hall–Kier alpha value is -1.20. The summed E-state index contributed by atoms with van der Waals surface area (Å²) in [5, 5.41) is 12.0. The second kappa shape index (κ2) is 7.97. The number of alkyl halides is 2. The van der Waals surface area contributed by atoms with E-state index in [0.717, 1.165) is 0 Å². The minimum Gasteiger partial charge on any atom is -0.375 e. The predicted molar refractivity (Wildman–Crippen MR) is 56.6 cm³/mol. The summed E-state index contributed by atoms with van der Waals surface area (Å²) in [5.41, 5.74) is 0. The Bertz CT molecular complexity index is 367. The molecule has 0 aliphatic heterocycles. The normalized spacial score (nSPS) is 10.7. The first-order valence-corrected chi connectivity index (χ1v) is 6.00. The number of ether oxygens (including phenoxy) is 1. The predicted octanol–water partition coefficient (Wildman–Crippen LogP) is 1.65. The third kappa shape index (κ3) is 6.19. The Labute approximate surface area is 101 Å². The van der Waals surface area contributed by atoms with Crippen LogP contribution in [0.4, 0.5) is 8.78 Å². The largest absolute Gasteiger partial charge is 0.375 e. The van der Waals surface area contributed by atoms with Crippen LogP contribution in [0.5, 0.6) is 0 Å². The molecule has 0 atom stereocenters. The van der Waals surface area contributed by atoms with Crippen LogP contribution >= 0.6 is 11.8 Å². The van der Waals surface area contributed by atoms with Crippen LogP contribution in [0.3, 0.4) is 0 Å². The van der Waals surface area contributed by atoms with Crippen molar-refractivity contribution in [3.05, 3.63) is 11.7 Å². The van der Waals surface area contributed by atoms with Gasteiger partial charge in [-0.25, -0.2) is 8.78 Å². The van der Waals surface area contributed by atoms with E-state index in [4.69, 9.17) is 9.78 Å². The van der Waals surface area contributed by atoms with Crippen LogP contribution in [0.25, 0.3) is 0 Å². The standard InChI is InChI=1S/C9H11F2N3O2S/c10-7(11)5-15-3-1-8-13-9(16-14-8)6-17-4-2-12/h7H,1,3-6H2. The molecule has 0 saturated carbocycles. The fourth-order valence-corrected chi connectivity index (χ4v) is 1.46. The van der Waals surface area contributed by atoms with Crippen molar-refractivity contribution in [2.24, 2.45) is 0 Å². The zero-order valence-electron chi connectivity index (χ0n) is 8.94. The zero-order valence-corrected chi connectivity index (χ0v) is 9.75. The number of nitriles is 1. The van der Waals surface area contributed by atoms with Gasteiger partial charge < -0.3 is 9.26 Å². The summed E-state index contributed by atoms with van der Waals surface area (Å²) in [6.07, 6.45) is -2.13. The van der Waals surface area contributed by atoms with Gasteiger partial charge in [-0.3, -0.25) is 0 Å². The molecule has 0 amide bonds. The van der Waals surface area contributed by atoms with Crippen LogP contribution in [0.2, 0.25) is 0 Å². The van der Waals surface area contributed by atoms with E-state index in [2.05, 4.69) is 14.9 Å². The number of aromatic nitrogens is 2. The summed E-state index contributed by atoms with van der Waals surface area (Å²) in [5.74, 6) is 1.68. The van der Waals surface area contributed by atoms with E-state index < -0.39 is 13.0 Å². The first-order valence-electron chi connectivity index (χ1n) is 4.84. The Morgan fingerprint density at radius 2 is 2.35 bits per heavy atom. The molecule has 0 N–H and O–H groups in total. The lowest BCUT2D eigenvalue weighted by Gasteiger charge is -1.99. The average Bonchev–Trinajstić information content (AvgIpc) is 2.73. The van der Waals surface area contributed by atoms with Gasteiger partial charge in [0.15, 0.2) is 5.82 Å². The van der Waals surface area contributed by atoms with Gasteiger partial charge >= 0.3 is 0 Å². The molecule has 0 fully saturated rings. The molecule has 5 nitrogen and oxygen atoms in total. The Kier molecular flexibility index (Phi) is 6.50. The van der Waals surface area contributed by atoms with Gasteiger partial charge in [0, 0.05) is 6.42 Å². The Morgan fingerprint density at radius 1 is 1.53 bits per heavy atom. The monoisotopic (exact) mass is 263 g/mol. The van der Waals surface area contributed by atoms with Gasteiger partial charge in [-0.05, 0) is 0 Å². The average molecular weight is 263 g/mol. The minimum absolute atomic E-state index is 0.134. The van der Waals surface area contributed by atoms with E-state index in [9.17, 15) is 8.78 Å². The highest BCUT2D eigenvalue weighted by Gasteiger charge is 2.07. The second-order valence-electron chi connectivity index (χ2n) is 2.97. The number of rotatable bonds is 8.